The molecule has 1 amide bonds. The van der Waals surface area contributed by atoms with Gasteiger partial charge in [-0.25, -0.2) is 4.79 Å². The van der Waals surface area contributed by atoms with E-state index in [2.05, 4.69) is 19.2 Å². The van der Waals surface area contributed by atoms with Crippen molar-refractivity contribution < 1.29 is 34.1 Å². The first kappa shape index (κ1) is 37.9. The van der Waals surface area contributed by atoms with Crippen molar-refractivity contribution in [3.8, 4) is 0 Å². The van der Waals surface area contributed by atoms with Crippen LogP contribution in [0.25, 0.3) is 0 Å². The number of esters is 1. The summed E-state index contributed by atoms with van der Waals surface area (Å²) in [4.78, 5) is 47.2. The van der Waals surface area contributed by atoms with Gasteiger partial charge in [-0.2, -0.15) is 0 Å². The van der Waals surface area contributed by atoms with E-state index in [0.29, 0.717) is 12.8 Å². The molecule has 0 unspecified atom stereocenters. The Morgan fingerprint density at radius 3 is 1.45 bits per heavy atom. The fourth-order valence-electron chi connectivity index (χ4n) is 4.90. The Morgan fingerprint density at radius 2 is 1.02 bits per heavy atom. The van der Waals surface area contributed by atoms with Crippen molar-refractivity contribution in [1.82, 2.24) is 5.32 Å². The number of carboxylic acid groups (broad SMARTS) is 2. The number of hydrogen-bond donors (Lipinski definition) is 3. The molecule has 2 atom stereocenters. The van der Waals surface area contributed by atoms with Crippen molar-refractivity contribution in [2.75, 3.05) is 0 Å². The minimum Gasteiger partial charge on any atom is -0.481 e. The maximum absolute atomic E-state index is 12.5. The van der Waals surface area contributed by atoms with Gasteiger partial charge in [0.25, 0.3) is 0 Å². The van der Waals surface area contributed by atoms with Gasteiger partial charge < -0.3 is 20.3 Å². The number of carboxylic acids is 2. The molecule has 0 radical (unpaired) electrons. The largest absolute Gasteiger partial charge is 0.481 e. The summed E-state index contributed by atoms with van der Waals surface area (Å²) in [5.74, 6) is -3.65. The van der Waals surface area contributed by atoms with Gasteiger partial charge in [-0.1, -0.05) is 129 Å². The summed E-state index contributed by atoms with van der Waals surface area (Å²) in [6.45, 7) is 4.43. The van der Waals surface area contributed by atoms with E-state index in [-0.39, 0.29) is 12.4 Å². The average Bonchev–Trinajstić information content (AvgIpc) is 2.90. The fourth-order valence-corrected chi connectivity index (χ4v) is 4.90. The molecule has 0 aromatic heterocycles. The van der Waals surface area contributed by atoms with Gasteiger partial charge in [0.1, 0.15) is 12.1 Å². The van der Waals surface area contributed by atoms with Crippen LogP contribution < -0.4 is 5.32 Å². The van der Waals surface area contributed by atoms with Crippen LogP contribution in [0.2, 0.25) is 0 Å². The summed E-state index contributed by atoms with van der Waals surface area (Å²) in [6, 6.07) is -1.51. The van der Waals surface area contributed by atoms with Gasteiger partial charge in [0.05, 0.1) is 12.8 Å². The number of ether oxygens (including phenoxy) is 1. The van der Waals surface area contributed by atoms with Crippen LogP contribution in [0.4, 0.5) is 0 Å². The number of nitrogens with one attached hydrogen (secondary N) is 1. The number of hydrogen-bond acceptors (Lipinski definition) is 5. The highest BCUT2D eigenvalue weighted by molar-refractivity contribution is 5.87. The maximum atomic E-state index is 12.5. The third-order valence-corrected chi connectivity index (χ3v) is 7.34. The van der Waals surface area contributed by atoms with Crippen LogP contribution in [0, 0.1) is 0 Å². The van der Waals surface area contributed by atoms with Crippen molar-refractivity contribution in [3.63, 3.8) is 0 Å². The zero-order valence-corrected chi connectivity index (χ0v) is 25.6. The SMILES string of the molecule is CCCCCCCCCCCCCC(=O)O[C@H](CCCCCCCCCCC)CC(=O)N[C@H](CC(=O)O)C(=O)O. The number of unbranched alkanes of at least 4 members (excludes halogenated alkanes) is 18. The van der Waals surface area contributed by atoms with Crippen LogP contribution in [0.5, 0.6) is 0 Å². The van der Waals surface area contributed by atoms with Crippen molar-refractivity contribution in [1.29, 1.82) is 0 Å². The van der Waals surface area contributed by atoms with Crippen LogP contribution >= 0.6 is 0 Å². The van der Waals surface area contributed by atoms with Crippen molar-refractivity contribution in [2.45, 2.75) is 180 Å². The smallest absolute Gasteiger partial charge is 0.326 e. The highest BCUT2D eigenvalue weighted by Crippen LogP contribution is 2.17. The van der Waals surface area contributed by atoms with Crippen LogP contribution in [0.1, 0.15) is 168 Å². The summed E-state index contributed by atoms with van der Waals surface area (Å²) < 4.78 is 5.64. The van der Waals surface area contributed by atoms with Gasteiger partial charge in [-0.3, -0.25) is 14.4 Å². The van der Waals surface area contributed by atoms with Crippen LogP contribution in [-0.2, 0) is 23.9 Å². The Labute approximate surface area is 243 Å². The van der Waals surface area contributed by atoms with Crippen LogP contribution in [-0.4, -0.2) is 46.2 Å². The lowest BCUT2D eigenvalue weighted by atomic mass is 10.0. The molecule has 0 aliphatic carbocycles. The Balaban J connectivity index is 4.45. The number of carbonyl (C=O) groups excluding carboxylic acids is 2. The first-order valence-corrected chi connectivity index (χ1v) is 16.2. The third kappa shape index (κ3) is 24.9. The molecule has 0 aliphatic heterocycles. The molecule has 3 N–H and O–H groups in total. The van der Waals surface area contributed by atoms with E-state index in [4.69, 9.17) is 9.84 Å². The lowest BCUT2D eigenvalue weighted by Crippen LogP contribution is -2.43. The number of amides is 1. The quantitative estimate of drug-likeness (QED) is 0.0615. The molecule has 0 aromatic rings. The molecule has 0 bridgehead atoms. The second-order valence-electron chi connectivity index (χ2n) is 11.3. The number of carbonyl (C=O) groups is 4. The van der Waals surface area contributed by atoms with E-state index in [1.807, 2.05) is 0 Å². The lowest BCUT2D eigenvalue weighted by molar-refractivity contribution is -0.152. The van der Waals surface area contributed by atoms with E-state index in [1.165, 1.54) is 89.9 Å². The molecule has 0 heterocycles. The topological polar surface area (TPSA) is 130 Å². The molecule has 0 rings (SSSR count). The molecule has 40 heavy (non-hydrogen) atoms. The molecule has 8 nitrogen and oxygen atoms in total. The van der Waals surface area contributed by atoms with E-state index >= 15 is 0 Å². The summed E-state index contributed by atoms with van der Waals surface area (Å²) in [5.41, 5.74) is 0. The predicted molar refractivity (Wildman–Crippen MR) is 159 cm³/mol. The molecule has 0 saturated heterocycles. The first-order chi connectivity index (χ1) is 19.3. The zero-order valence-electron chi connectivity index (χ0n) is 25.6. The highest BCUT2D eigenvalue weighted by Gasteiger charge is 2.25. The van der Waals surface area contributed by atoms with Gasteiger partial charge in [0, 0.05) is 6.42 Å². The van der Waals surface area contributed by atoms with E-state index in [1.54, 1.807) is 0 Å². The highest BCUT2D eigenvalue weighted by atomic mass is 16.5. The van der Waals surface area contributed by atoms with Crippen molar-refractivity contribution in [2.24, 2.45) is 0 Å². The lowest BCUT2D eigenvalue weighted by Gasteiger charge is -2.19. The molecule has 0 aromatic carbocycles. The van der Waals surface area contributed by atoms with E-state index < -0.39 is 36.4 Å². The minimum atomic E-state index is -1.51. The van der Waals surface area contributed by atoms with E-state index in [0.717, 1.165) is 38.5 Å². The predicted octanol–water partition coefficient (Wildman–Crippen LogP) is 7.95. The summed E-state index contributed by atoms with van der Waals surface area (Å²) in [6.07, 6.45) is 22.8. The van der Waals surface area contributed by atoms with Gasteiger partial charge >= 0.3 is 17.9 Å². The monoisotopic (exact) mass is 569 g/mol. The van der Waals surface area contributed by atoms with Crippen LogP contribution in [0.15, 0.2) is 0 Å². The normalized spacial score (nSPS) is 12.6. The summed E-state index contributed by atoms with van der Waals surface area (Å²) >= 11 is 0. The summed E-state index contributed by atoms with van der Waals surface area (Å²) in [5, 5.41) is 20.4. The molecule has 234 valence electrons. The minimum absolute atomic E-state index is 0.162. The molecule has 0 aliphatic rings. The van der Waals surface area contributed by atoms with Gasteiger partial charge in [-0.15, -0.1) is 0 Å². The molecule has 0 fully saturated rings. The maximum Gasteiger partial charge on any atom is 0.326 e. The zero-order chi connectivity index (χ0) is 29.8. The molecule has 8 heteroatoms. The molecule has 0 saturated carbocycles. The second kappa shape index (κ2) is 27.1. The second-order valence-corrected chi connectivity index (χ2v) is 11.3. The first-order valence-electron chi connectivity index (χ1n) is 16.2. The van der Waals surface area contributed by atoms with Crippen molar-refractivity contribution >= 4 is 23.8 Å². The number of rotatable bonds is 29. The average molecular weight is 570 g/mol. The fraction of sp³-hybridized carbons (Fsp3) is 0.875. The molecular weight excluding hydrogens is 510 g/mol. The third-order valence-electron chi connectivity index (χ3n) is 7.34. The molecule has 0 spiro atoms. The van der Waals surface area contributed by atoms with Gasteiger partial charge in [-0.05, 0) is 19.3 Å². The van der Waals surface area contributed by atoms with Crippen molar-refractivity contribution in [3.05, 3.63) is 0 Å². The van der Waals surface area contributed by atoms with Crippen LogP contribution in [0.3, 0.4) is 0 Å². The Kier molecular flexibility index (Phi) is 25.6. The van der Waals surface area contributed by atoms with Gasteiger partial charge in [0.2, 0.25) is 5.91 Å². The molecular formula is C32H59NO7. The Bertz CT molecular complexity index is 668. The summed E-state index contributed by atoms with van der Waals surface area (Å²) in [7, 11) is 0. The van der Waals surface area contributed by atoms with E-state index in [9.17, 15) is 24.3 Å². The Hall–Kier alpha value is -2.12. The standard InChI is InChI=1S/C32H59NO7/c1-3-5-7-9-11-13-14-16-18-20-22-24-31(37)40-27(23-21-19-17-15-12-10-8-6-4-2)25-29(34)33-28(32(38)39)26-30(35)36/h27-28H,3-26H2,1-2H3,(H,33,34)(H,35,36)(H,38,39)/t27-,28-/m1/s1. The van der Waals surface area contributed by atoms with Gasteiger partial charge in [0.15, 0.2) is 0 Å². The number of aliphatic carboxylic acids is 2. The Morgan fingerprint density at radius 1 is 0.600 bits per heavy atom.